The lowest BCUT2D eigenvalue weighted by Crippen LogP contribution is -1.91. The van der Waals surface area contributed by atoms with E-state index in [0.717, 1.165) is 0 Å². The molecular weight excluding hydrogens is 169 g/mol. The van der Waals surface area contributed by atoms with E-state index in [-0.39, 0.29) is 6.61 Å². The molecule has 0 aromatic heterocycles. The normalized spacial score (nSPS) is 11.9. The van der Waals surface area contributed by atoms with Gasteiger partial charge in [0.25, 0.3) is 0 Å². The fraction of sp³-hybridized carbons (Fsp3) is 1.00. The van der Waals surface area contributed by atoms with Crippen molar-refractivity contribution in [2.24, 2.45) is 0 Å². The number of hydrogen-bond acceptors (Lipinski definition) is 4. The van der Waals surface area contributed by atoms with E-state index in [0.29, 0.717) is 6.42 Å². The average molecular weight is 176 g/mol. The van der Waals surface area contributed by atoms with Crippen LogP contribution in [0.4, 0.5) is 9.05 Å². The third kappa shape index (κ3) is 3.22. The molecule has 0 spiro atoms. The zero-order valence-corrected chi connectivity index (χ0v) is 6.14. The summed E-state index contributed by atoms with van der Waals surface area (Å²) in [6, 6.07) is 0. The zero-order chi connectivity index (χ0) is 8.04. The van der Waals surface area contributed by atoms with Crippen molar-refractivity contribution in [3.8, 4) is 0 Å². The minimum absolute atomic E-state index is 0.0921. The molecule has 62 valence electrons. The molecule has 0 atom stereocenters. The second-order valence-corrected chi connectivity index (χ2v) is 2.85. The van der Waals surface area contributed by atoms with Crippen LogP contribution in [0.5, 0.6) is 0 Å². The molecule has 4 nitrogen and oxygen atoms in total. The summed E-state index contributed by atoms with van der Waals surface area (Å²) < 4.78 is 41.8. The first-order valence-electron chi connectivity index (χ1n) is 2.53. The SMILES string of the molecule is CCCOP(=O)(OF)OF. The second-order valence-electron chi connectivity index (χ2n) is 1.42. The summed E-state index contributed by atoms with van der Waals surface area (Å²) in [5, 5.41) is 0. The zero-order valence-electron chi connectivity index (χ0n) is 5.25. The molecule has 7 heteroatoms. The average Bonchev–Trinajstić information content (AvgIpc) is 2.00. The van der Waals surface area contributed by atoms with Crippen LogP contribution in [0, 0.1) is 0 Å². The van der Waals surface area contributed by atoms with Crippen LogP contribution >= 0.6 is 7.82 Å². The molecule has 0 saturated carbocycles. The maximum atomic E-state index is 11.1. The van der Waals surface area contributed by atoms with Crippen molar-refractivity contribution in [3.63, 3.8) is 0 Å². The van der Waals surface area contributed by atoms with Gasteiger partial charge in [0.1, 0.15) is 0 Å². The van der Waals surface area contributed by atoms with Crippen molar-refractivity contribution in [2.75, 3.05) is 6.61 Å². The topological polar surface area (TPSA) is 44.8 Å². The molecule has 0 aromatic rings. The highest BCUT2D eigenvalue weighted by atomic mass is 31.2. The maximum absolute atomic E-state index is 11.1. The summed E-state index contributed by atoms with van der Waals surface area (Å²) >= 11 is 0. The Morgan fingerprint density at radius 2 is 1.90 bits per heavy atom. The molecule has 10 heavy (non-hydrogen) atoms. The van der Waals surface area contributed by atoms with Gasteiger partial charge in [-0.1, -0.05) is 16.4 Å². The highest BCUT2D eigenvalue weighted by Crippen LogP contribution is 2.50. The minimum atomic E-state index is -4.53. The third-order valence-electron chi connectivity index (χ3n) is 0.623. The van der Waals surface area contributed by atoms with Gasteiger partial charge in [-0.15, -0.1) is 0 Å². The van der Waals surface area contributed by atoms with E-state index in [1.165, 1.54) is 0 Å². The van der Waals surface area contributed by atoms with Gasteiger partial charge >= 0.3 is 7.82 Å². The van der Waals surface area contributed by atoms with Crippen molar-refractivity contribution in [1.29, 1.82) is 0 Å². The highest BCUT2D eigenvalue weighted by molar-refractivity contribution is 7.48. The number of phosphoric acid groups is 1. The van der Waals surface area contributed by atoms with Crippen molar-refractivity contribution in [2.45, 2.75) is 13.3 Å². The predicted molar refractivity (Wildman–Crippen MR) is 28.2 cm³/mol. The summed E-state index contributed by atoms with van der Waals surface area (Å²) in [6.07, 6.45) is 0.455. The van der Waals surface area contributed by atoms with Gasteiger partial charge in [-0.05, 0) is 15.5 Å². The Morgan fingerprint density at radius 1 is 1.40 bits per heavy atom. The fourth-order valence-electron chi connectivity index (χ4n) is 0.254. The lowest BCUT2D eigenvalue weighted by molar-refractivity contribution is -0.118. The summed E-state index contributed by atoms with van der Waals surface area (Å²) in [6.45, 7) is 1.58. The number of rotatable bonds is 5. The summed E-state index contributed by atoms with van der Waals surface area (Å²) in [5.41, 5.74) is 0. The lowest BCUT2D eigenvalue weighted by Gasteiger charge is -2.04. The van der Waals surface area contributed by atoms with Crippen molar-refractivity contribution >= 4 is 7.82 Å². The van der Waals surface area contributed by atoms with E-state index in [1.807, 2.05) is 0 Å². The molecule has 0 amide bonds. The van der Waals surface area contributed by atoms with Gasteiger partial charge in [0.05, 0.1) is 6.61 Å². The molecule has 0 saturated heterocycles. The highest BCUT2D eigenvalue weighted by Gasteiger charge is 2.28. The Bertz CT molecular complexity index is 122. The molecule has 0 N–H and O–H groups in total. The number of hydrogen-bond donors (Lipinski definition) is 0. The predicted octanol–water partition coefficient (Wildman–Crippen LogP) is 2.32. The van der Waals surface area contributed by atoms with E-state index in [4.69, 9.17) is 0 Å². The molecule has 0 aliphatic heterocycles. The standard InChI is InChI=1S/C3H7F2O4P/c1-2-3-7-10(6,8-4)9-5/h2-3H2,1H3. The molecule has 0 aliphatic rings. The van der Waals surface area contributed by atoms with Crippen LogP contribution in [0.1, 0.15) is 13.3 Å². The summed E-state index contributed by atoms with van der Waals surface area (Å²) in [4.78, 5) is 0. The molecule has 0 aromatic carbocycles. The molecule has 0 unspecified atom stereocenters. The van der Waals surface area contributed by atoms with E-state index >= 15 is 0 Å². The Balaban J connectivity index is 3.70. The van der Waals surface area contributed by atoms with E-state index < -0.39 is 7.82 Å². The monoisotopic (exact) mass is 176 g/mol. The summed E-state index contributed by atoms with van der Waals surface area (Å²) in [7, 11) is -4.53. The number of halogens is 2. The van der Waals surface area contributed by atoms with Crippen LogP contribution in [0.25, 0.3) is 0 Å². The van der Waals surface area contributed by atoms with Crippen LogP contribution in [-0.2, 0) is 18.5 Å². The van der Waals surface area contributed by atoms with Gasteiger partial charge in [-0.2, -0.15) is 0 Å². The third-order valence-corrected chi connectivity index (χ3v) is 1.46. The van der Waals surface area contributed by atoms with Crippen LogP contribution in [-0.4, -0.2) is 6.61 Å². The van der Waals surface area contributed by atoms with Gasteiger partial charge in [-0.3, -0.25) is 4.52 Å². The lowest BCUT2D eigenvalue weighted by atomic mass is 10.5. The van der Waals surface area contributed by atoms with E-state index in [9.17, 15) is 13.6 Å². The Morgan fingerprint density at radius 3 is 2.20 bits per heavy atom. The van der Waals surface area contributed by atoms with Gasteiger partial charge < -0.3 is 0 Å². The summed E-state index contributed by atoms with van der Waals surface area (Å²) in [5.74, 6) is 0. The molecule has 0 aliphatic carbocycles. The largest absolute Gasteiger partial charge is 0.537 e. The Labute approximate surface area is 56.5 Å². The first kappa shape index (κ1) is 9.97. The maximum Gasteiger partial charge on any atom is 0.537 e. The van der Waals surface area contributed by atoms with Crippen LogP contribution in [0.15, 0.2) is 0 Å². The smallest absolute Gasteiger partial charge is 0.283 e. The second kappa shape index (κ2) is 4.73. The first-order chi connectivity index (χ1) is 4.68. The quantitative estimate of drug-likeness (QED) is 0.603. The molecule has 0 fully saturated rings. The van der Waals surface area contributed by atoms with Crippen molar-refractivity contribution in [3.05, 3.63) is 0 Å². The van der Waals surface area contributed by atoms with Gasteiger partial charge in [0, 0.05) is 0 Å². The van der Waals surface area contributed by atoms with E-state index in [2.05, 4.69) is 14.0 Å². The van der Waals surface area contributed by atoms with Crippen LogP contribution in [0.2, 0.25) is 0 Å². The van der Waals surface area contributed by atoms with Crippen molar-refractivity contribution < 1.29 is 27.6 Å². The van der Waals surface area contributed by atoms with Crippen LogP contribution in [0.3, 0.4) is 0 Å². The van der Waals surface area contributed by atoms with Gasteiger partial charge in [0.15, 0.2) is 0 Å². The molecule has 0 radical (unpaired) electrons. The van der Waals surface area contributed by atoms with E-state index in [1.54, 1.807) is 6.92 Å². The Kier molecular flexibility index (Phi) is 4.72. The van der Waals surface area contributed by atoms with Gasteiger partial charge in [0.2, 0.25) is 0 Å². The first-order valence-corrected chi connectivity index (χ1v) is 4.00. The van der Waals surface area contributed by atoms with Gasteiger partial charge in [-0.25, -0.2) is 4.57 Å². The molecule has 0 bridgehead atoms. The Hall–Kier alpha value is -0.0300. The molecule has 0 rings (SSSR count). The van der Waals surface area contributed by atoms with Crippen LogP contribution < -0.4 is 0 Å². The molecular formula is C3H7F2O4P. The molecule has 0 heterocycles. The van der Waals surface area contributed by atoms with Crippen molar-refractivity contribution in [1.82, 2.24) is 0 Å². The minimum Gasteiger partial charge on any atom is -0.283 e. The fourth-order valence-corrected chi connectivity index (χ4v) is 0.761.